The van der Waals surface area contributed by atoms with Crippen LogP contribution < -0.4 is 0 Å². The van der Waals surface area contributed by atoms with Gasteiger partial charge in [-0.05, 0) is 107 Å². The average molecular weight is 1180 g/mol. The fourth-order valence-corrected chi connectivity index (χ4v) is 16.8. The van der Waals surface area contributed by atoms with E-state index in [4.69, 9.17) is 51.6 Å². The number of fused-ring (bicyclic) bond motifs is 4. The van der Waals surface area contributed by atoms with Crippen molar-refractivity contribution in [2.24, 2.45) is 33.5 Å². The van der Waals surface area contributed by atoms with Gasteiger partial charge in [-0.2, -0.15) is 8.42 Å². The highest BCUT2D eigenvalue weighted by molar-refractivity contribution is 7.80. The molecule has 3 saturated carbocycles. The number of methoxy groups -OCH3 is 1. The van der Waals surface area contributed by atoms with Gasteiger partial charge >= 0.3 is 16.4 Å². The van der Waals surface area contributed by atoms with Crippen LogP contribution in [0.25, 0.3) is 0 Å². The Morgan fingerprint density at radius 1 is 0.728 bits per heavy atom. The summed E-state index contributed by atoms with van der Waals surface area (Å²) in [5, 5.41) is 124. The van der Waals surface area contributed by atoms with E-state index >= 15 is 0 Å². The zero-order valence-electron chi connectivity index (χ0n) is 47.0. The maximum atomic E-state index is 14.5. The minimum Gasteiger partial charge on any atom is -0.456 e. The molecule has 0 aromatic rings. The molecule has 5 aliphatic heterocycles. The van der Waals surface area contributed by atoms with E-state index in [0.29, 0.717) is 51.4 Å². The predicted molar refractivity (Wildman–Crippen MR) is 274 cm³/mol. The SMILES string of the molecule is C=C(C)CCCC1(C)OC(=O)C23C(O)C=C4C(CCC5C4(C)CCC(OC4OCC(OS(=O)(=O)O)C(O)C4OC4OC(C)C(OC6OC(CO)C(O)C(OC7OC(CO)C(O)C(OC)C7O)C6O)C(O)C4O)C5(C)C)C2(C)CCC13O. The van der Waals surface area contributed by atoms with Crippen LogP contribution in [0, 0.1) is 33.5 Å². The normalized spacial score (nSPS) is 51.5. The van der Waals surface area contributed by atoms with Crippen molar-refractivity contribution >= 4 is 16.4 Å². The third-order valence-electron chi connectivity index (χ3n) is 20.6. The molecule has 0 radical (unpaired) electrons. The number of aliphatic hydroxyl groups is 11. The van der Waals surface area contributed by atoms with E-state index in [1.165, 1.54) is 14.0 Å². The quantitative estimate of drug-likeness (QED) is 0.0342. The van der Waals surface area contributed by atoms with Gasteiger partial charge < -0.3 is 104 Å². The minimum atomic E-state index is -5.19. The van der Waals surface area contributed by atoms with Crippen LogP contribution in [-0.4, -0.2) is 242 Å². The molecule has 81 heavy (non-hydrogen) atoms. The molecule has 8 fully saturated rings. The Hall–Kier alpha value is -1.98. The molecule has 464 valence electrons. The molecule has 9 aliphatic rings. The van der Waals surface area contributed by atoms with Crippen LogP contribution >= 0.6 is 0 Å². The topological polar surface area (TPSA) is 396 Å². The van der Waals surface area contributed by atoms with E-state index in [2.05, 4.69) is 13.5 Å². The molecule has 0 aromatic carbocycles. The lowest BCUT2D eigenvalue weighted by atomic mass is 9.40. The van der Waals surface area contributed by atoms with Gasteiger partial charge in [0.1, 0.15) is 102 Å². The first-order valence-electron chi connectivity index (χ1n) is 28.2. The van der Waals surface area contributed by atoms with Crippen LogP contribution in [0.1, 0.15) is 106 Å². The van der Waals surface area contributed by atoms with Crippen LogP contribution in [-0.2, 0) is 66.7 Å². The van der Waals surface area contributed by atoms with E-state index in [0.717, 1.165) is 11.1 Å². The third kappa shape index (κ3) is 10.3. The first-order chi connectivity index (χ1) is 37.8. The second-order valence-electron chi connectivity index (χ2n) is 25.5. The Labute approximate surface area is 471 Å². The number of carbonyl (C=O) groups excluding carboxylic acids is 1. The standard InChI is InChI=1S/C54H86O26S/c1-23(2)11-10-15-52(8)53(66)18-17-51(7)25-12-13-30-49(4,5)32(14-16-50(30,6)26(25)19-31(57)54(51,53)48(65)79-52)75-47-43(35(60)29(22-71-47)80-81(67,68)69)78-44-37(62)36(61)40(24(3)72-44)76-46-39(64)42(34(59)28(21-56)74-46)77-45-38(63)41(70-9)33(58)27(20-55)73-45/h19,24-25,27-47,55-64,66H,1,10-18,20-22H2,2-9H3,(H,67,68,69). The molecule has 5 saturated heterocycles. The van der Waals surface area contributed by atoms with E-state index in [1.54, 1.807) is 13.0 Å². The van der Waals surface area contributed by atoms with Crippen molar-refractivity contribution < 1.29 is 125 Å². The number of carbonyl (C=O) groups is 1. The molecule has 0 amide bonds. The van der Waals surface area contributed by atoms with Gasteiger partial charge in [-0.25, -0.2) is 4.18 Å². The van der Waals surface area contributed by atoms with E-state index in [1.807, 2.05) is 27.7 Å². The molecule has 9 rings (SSSR count). The lowest BCUT2D eigenvalue weighted by Crippen LogP contribution is -2.68. The van der Waals surface area contributed by atoms with Crippen molar-refractivity contribution in [1.82, 2.24) is 0 Å². The third-order valence-corrected chi connectivity index (χ3v) is 21.1. The second kappa shape index (κ2) is 22.9. The number of cyclic esters (lactones) is 1. The summed E-state index contributed by atoms with van der Waals surface area (Å²) in [7, 11) is -4.01. The van der Waals surface area contributed by atoms with Crippen molar-refractivity contribution in [2.75, 3.05) is 26.9 Å². The Kier molecular flexibility index (Phi) is 18.0. The molecule has 12 N–H and O–H groups in total. The lowest BCUT2D eigenvalue weighted by molar-refractivity contribution is -0.389. The van der Waals surface area contributed by atoms with Gasteiger partial charge in [-0.1, -0.05) is 44.9 Å². The molecule has 5 heterocycles. The number of aliphatic hydroxyl groups excluding tert-OH is 10. The summed E-state index contributed by atoms with van der Waals surface area (Å²) in [5.41, 5.74) is -4.60. The smallest absolute Gasteiger partial charge is 0.397 e. The number of hydrogen-bond donors (Lipinski definition) is 12. The average Bonchev–Trinajstić information content (AvgIpc) is 1.81. The summed E-state index contributed by atoms with van der Waals surface area (Å²) >= 11 is 0. The van der Waals surface area contributed by atoms with Gasteiger partial charge in [0.2, 0.25) is 0 Å². The maximum absolute atomic E-state index is 14.5. The van der Waals surface area contributed by atoms with Gasteiger partial charge in [0, 0.05) is 7.11 Å². The van der Waals surface area contributed by atoms with E-state index in [9.17, 15) is 73.9 Å². The first kappa shape index (κ1) is 63.5. The highest BCUT2D eigenvalue weighted by atomic mass is 32.3. The Balaban J connectivity index is 0.912. The van der Waals surface area contributed by atoms with Gasteiger partial charge in [-0.15, -0.1) is 6.58 Å². The van der Waals surface area contributed by atoms with Crippen LogP contribution in [0.3, 0.4) is 0 Å². The number of rotatable bonds is 17. The number of esters is 1. The highest BCUT2D eigenvalue weighted by Gasteiger charge is 2.85. The summed E-state index contributed by atoms with van der Waals surface area (Å²) in [6, 6.07) is 0. The van der Waals surface area contributed by atoms with Crippen molar-refractivity contribution in [3.05, 3.63) is 23.8 Å². The Bertz CT molecular complexity index is 2430. The predicted octanol–water partition coefficient (Wildman–Crippen LogP) is -1.48. The van der Waals surface area contributed by atoms with Crippen LogP contribution in [0.15, 0.2) is 23.8 Å². The maximum Gasteiger partial charge on any atom is 0.397 e. The first-order valence-corrected chi connectivity index (χ1v) is 29.5. The van der Waals surface area contributed by atoms with Crippen molar-refractivity contribution in [3.63, 3.8) is 0 Å². The van der Waals surface area contributed by atoms with Gasteiger partial charge in [0.15, 0.2) is 25.2 Å². The largest absolute Gasteiger partial charge is 0.456 e. The minimum absolute atomic E-state index is 0.119. The molecule has 26 nitrogen and oxygen atoms in total. The second-order valence-corrected chi connectivity index (χ2v) is 26.6. The van der Waals surface area contributed by atoms with Crippen molar-refractivity contribution in [1.29, 1.82) is 0 Å². The molecule has 1 spiro atoms. The summed E-state index contributed by atoms with van der Waals surface area (Å²) in [4.78, 5) is 14.5. The van der Waals surface area contributed by atoms with Crippen LogP contribution in [0.4, 0.5) is 0 Å². The van der Waals surface area contributed by atoms with Gasteiger partial charge in [0.25, 0.3) is 0 Å². The lowest BCUT2D eigenvalue weighted by Gasteiger charge is -2.64. The molecule has 4 aliphatic carbocycles. The summed E-state index contributed by atoms with van der Waals surface area (Å²) < 4.78 is 97.8. The fourth-order valence-electron chi connectivity index (χ4n) is 16.3. The fraction of sp³-hybridized carbons (Fsp3) is 0.907. The monoisotopic (exact) mass is 1180 g/mol. The van der Waals surface area contributed by atoms with Gasteiger partial charge in [-0.3, -0.25) is 9.35 Å². The van der Waals surface area contributed by atoms with Crippen molar-refractivity contribution in [2.45, 2.75) is 246 Å². The summed E-state index contributed by atoms with van der Waals surface area (Å²) in [6.07, 6.45) is -27.8. The summed E-state index contributed by atoms with van der Waals surface area (Å²) in [5.74, 6) is -0.894. The zero-order valence-corrected chi connectivity index (χ0v) is 47.9. The van der Waals surface area contributed by atoms with Crippen LogP contribution in [0.2, 0.25) is 0 Å². The summed E-state index contributed by atoms with van der Waals surface area (Å²) in [6.45, 7) is 15.1. The molecule has 0 bridgehead atoms. The molecule has 28 atom stereocenters. The Morgan fingerprint density at radius 2 is 1.32 bits per heavy atom. The van der Waals surface area contributed by atoms with E-state index in [-0.39, 0.29) is 18.3 Å². The highest BCUT2D eigenvalue weighted by Crippen LogP contribution is 2.77. The molecule has 0 aromatic heterocycles. The Morgan fingerprint density at radius 3 is 1.93 bits per heavy atom. The molecular weight excluding hydrogens is 1100 g/mol. The van der Waals surface area contributed by atoms with Gasteiger partial charge in [0.05, 0.1) is 38.1 Å². The molecular formula is C54H86O26S. The zero-order chi connectivity index (χ0) is 59.5. The van der Waals surface area contributed by atoms with E-state index < -0.39 is 198 Å². The number of hydrogen-bond acceptors (Lipinski definition) is 25. The molecule has 28 unspecified atom stereocenters. The number of allylic oxidation sites excluding steroid dienone is 2. The van der Waals surface area contributed by atoms with Crippen molar-refractivity contribution in [3.8, 4) is 0 Å². The number of ether oxygens (including phenoxy) is 10. The van der Waals surface area contributed by atoms with Crippen LogP contribution in [0.5, 0.6) is 0 Å². The molecule has 27 heteroatoms.